The minimum Gasteiger partial charge on any atom is -0.311 e. The zero-order valence-electron chi connectivity index (χ0n) is 24.4. The molecule has 0 spiro atoms. The highest BCUT2D eigenvalue weighted by Crippen LogP contribution is 2.37. The fourth-order valence-corrected chi connectivity index (χ4v) is 5.68. The van der Waals surface area contributed by atoms with Crippen LogP contribution in [0.3, 0.4) is 0 Å². The first-order chi connectivity index (χ1) is 21.4. The van der Waals surface area contributed by atoms with Gasteiger partial charge in [-0.15, -0.1) is 0 Å². The molecule has 216 valence electrons. The standard InChI is InChI=1S/C39H30Br2N2O/c1-27-3-15-33(16-4-27)42(37-23-11-31(40)12-24-37)35-19-7-29(8-20-35)39(44)30-9-21-36(22-10-30)43(34-17-5-28(2)6-18-34)38-25-13-32(41)14-26-38/h3-26H,1-2H3. The van der Waals surface area contributed by atoms with Crippen LogP contribution in [0.15, 0.2) is 155 Å². The summed E-state index contributed by atoms with van der Waals surface area (Å²) in [7, 11) is 0. The average Bonchev–Trinajstić information content (AvgIpc) is 3.05. The maximum Gasteiger partial charge on any atom is 0.193 e. The van der Waals surface area contributed by atoms with E-state index < -0.39 is 0 Å². The highest BCUT2D eigenvalue weighted by atomic mass is 79.9. The van der Waals surface area contributed by atoms with Crippen LogP contribution in [0.1, 0.15) is 27.0 Å². The van der Waals surface area contributed by atoms with Crippen molar-refractivity contribution >= 4 is 71.8 Å². The van der Waals surface area contributed by atoms with Crippen molar-refractivity contribution in [2.24, 2.45) is 0 Å². The smallest absolute Gasteiger partial charge is 0.193 e. The number of nitrogens with zero attached hydrogens (tertiary/aromatic N) is 2. The third-order valence-electron chi connectivity index (χ3n) is 7.53. The zero-order valence-corrected chi connectivity index (χ0v) is 27.6. The number of hydrogen-bond donors (Lipinski definition) is 0. The van der Waals surface area contributed by atoms with E-state index in [0.29, 0.717) is 11.1 Å². The quantitative estimate of drug-likeness (QED) is 0.148. The molecule has 6 rings (SSSR count). The second-order valence-corrected chi connectivity index (χ2v) is 12.5. The molecule has 3 nitrogen and oxygen atoms in total. The molecule has 0 saturated carbocycles. The van der Waals surface area contributed by atoms with Crippen LogP contribution in [0.2, 0.25) is 0 Å². The predicted molar refractivity (Wildman–Crippen MR) is 191 cm³/mol. The fourth-order valence-electron chi connectivity index (χ4n) is 5.15. The van der Waals surface area contributed by atoms with Crippen molar-refractivity contribution in [1.82, 2.24) is 0 Å². The molecule has 44 heavy (non-hydrogen) atoms. The lowest BCUT2D eigenvalue weighted by atomic mass is 10.0. The number of aryl methyl sites for hydroxylation is 2. The van der Waals surface area contributed by atoms with Gasteiger partial charge in [0.2, 0.25) is 0 Å². The maximum atomic E-state index is 13.6. The lowest BCUT2D eigenvalue weighted by Gasteiger charge is -2.26. The summed E-state index contributed by atoms with van der Waals surface area (Å²) in [5.74, 6) is -0.0147. The Bertz CT molecular complexity index is 1630. The van der Waals surface area contributed by atoms with Gasteiger partial charge in [-0.1, -0.05) is 67.3 Å². The van der Waals surface area contributed by atoms with Crippen LogP contribution in [0.25, 0.3) is 0 Å². The Kier molecular flexibility index (Phi) is 8.78. The van der Waals surface area contributed by atoms with Gasteiger partial charge in [0.25, 0.3) is 0 Å². The number of carbonyl (C=O) groups is 1. The largest absolute Gasteiger partial charge is 0.311 e. The van der Waals surface area contributed by atoms with Gasteiger partial charge in [-0.3, -0.25) is 4.79 Å². The predicted octanol–water partition coefficient (Wildman–Crippen LogP) is 12.0. The number of benzene rings is 6. The molecule has 0 aliphatic carbocycles. The highest BCUT2D eigenvalue weighted by Gasteiger charge is 2.17. The van der Waals surface area contributed by atoms with E-state index in [-0.39, 0.29) is 5.78 Å². The molecule has 0 aromatic heterocycles. The number of anilines is 6. The van der Waals surface area contributed by atoms with Crippen LogP contribution in [-0.2, 0) is 0 Å². The van der Waals surface area contributed by atoms with E-state index in [4.69, 9.17) is 0 Å². The number of rotatable bonds is 8. The first-order valence-electron chi connectivity index (χ1n) is 14.4. The van der Waals surface area contributed by atoms with Crippen LogP contribution in [0.4, 0.5) is 34.1 Å². The molecular weight excluding hydrogens is 672 g/mol. The minimum atomic E-state index is -0.0147. The van der Waals surface area contributed by atoms with Crippen LogP contribution < -0.4 is 9.80 Å². The topological polar surface area (TPSA) is 23.6 Å². The van der Waals surface area contributed by atoms with Crippen molar-refractivity contribution in [3.63, 3.8) is 0 Å². The van der Waals surface area contributed by atoms with E-state index >= 15 is 0 Å². The fraction of sp³-hybridized carbons (Fsp3) is 0.0513. The monoisotopic (exact) mass is 700 g/mol. The van der Waals surface area contributed by atoms with Crippen LogP contribution in [0.5, 0.6) is 0 Å². The molecule has 0 atom stereocenters. The molecule has 6 aromatic rings. The molecule has 0 bridgehead atoms. The van der Waals surface area contributed by atoms with Crippen molar-refractivity contribution in [2.75, 3.05) is 9.80 Å². The Morgan fingerprint density at radius 3 is 0.886 bits per heavy atom. The van der Waals surface area contributed by atoms with Gasteiger partial charge < -0.3 is 9.80 Å². The van der Waals surface area contributed by atoms with Gasteiger partial charge in [0.1, 0.15) is 0 Å². The molecule has 0 radical (unpaired) electrons. The van der Waals surface area contributed by atoms with E-state index in [2.05, 4.69) is 128 Å². The number of carbonyl (C=O) groups excluding carboxylic acids is 1. The van der Waals surface area contributed by atoms with Crippen LogP contribution in [0, 0.1) is 13.8 Å². The van der Waals surface area contributed by atoms with Gasteiger partial charge in [0.15, 0.2) is 5.78 Å². The summed E-state index contributed by atoms with van der Waals surface area (Å²) < 4.78 is 2.05. The van der Waals surface area contributed by atoms with Crippen molar-refractivity contribution < 1.29 is 4.79 Å². The van der Waals surface area contributed by atoms with E-state index in [1.54, 1.807) is 0 Å². The third kappa shape index (κ3) is 6.54. The molecule has 0 aliphatic rings. The van der Waals surface area contributed by atoms with Gasteiger partial charge >= 0.3 is 0 Å². The first kappa shape index (κ1) is 29.6. The Balaban J connectivity index is 1.28. The van der Waals surface area contributed by atoms with Crippen molar-refractivity contribution in [1.29, 1.82) is 0 Å². The molecule has 0 amide bonds. The van der Waals surface area contributed by atoms with Crippen LogP contribution in [-0.4, -0.2) is 5.78 Å². The summed E-state index contributed by atoms with van der Waals surface area (Å²) in [4.78, 5) is 18.0. The molecule has 6 aromatic carbocycles. The van der Waals surface area contributed by atoms with E-state index in [9.17, 15) is 4.79 Å². The van der Waals surface area contributed by atoms with Crippen molar-refractivity contribution in [2.45, 2.75) is 13.8 Å². The summed E-state index contributed by atoms with van der Waals surface area (Å²) in [6.07, 6.45) is 0. The average molecular weight is 702 g/mol. The summed E-state index contributed by atoms with van der Waals surface area (Å²) >= 11 is 7.09. The second kappa shape index (κ2) is 13.0. The van der Waals surface area contributed by atoms with Gasteiger partial charge in [-0.25, -0.2) is 0 Å². The lowest BCUT2D eigenvalue weighted by molar-refractivity contribution is 0.103. The minimum absolute atomic E-state index is 0.0147. The number of halogens is 2. The summed E-state index contributed by atoms with van der Waals surface area (Å²) in [6.45, 7) is 4.17. The Morgan fingerprint density at radius 1 is 0.386 bits per heavy atom. The molecular formula is C39H30Br2N2O. The molecule has 0 N–H and O–H groups in total. The number of ketones is 1. The summed E-state index contributed by atoms with van der Waals surface area (Å²) in [5, 5.41) is 0. The van der Waals surface area contributed by atoms with E-state index in [0.717, 1.165) is 43.1 Å². The lowest BCUT2D eigenvalue weighted by Crippen LogP contribution is -2.11. The van der Waals surface area contributed by atoms with Gasteiger partial charge in [0.05, 0.1) is 0 Å². The highest BCUT2D eigenvalue weighted by molar-refractivity contribution is 9.10. The molecule has 0 fully saturated rings. The number of hydrogen-bond acceptors (Lipinski definition) is 3. The summed E-state index contributed by atoms with van der Waals surface area (Å²) in [6, 6.07) is 49.1. The van der Waals surface area contributed by atoms with Crippen molar-refractivity contribution in [3.05, 3.63) is 177 Å². The zero-order chi connectivity index (χ0) is 30.6. The summed E-state index contributed by atoms with van der Waals surface area (Å²) in [5.41, 5.74) is 9.83. The van der Waals surface area contributed by atoms with E-state index in [1.807, 2.05) is 72.8 Å². The molecule has 0 unspecified atom stereocenters. The first-order valence-corrected chi connectivity index (χ1v) is 15.9. The second-order valence-electron chi connectivity index (χ2n) is 10.7. The third-order valence-corrected chi connectivity index (χ3v) is 8.59. The Morgan fingerprint density at radius 2 is 0.614 bits per heavy atom. The van der Waals surface area contributed by atoms with Gasteiger partial charge in [-0.2, -0.15) is 0 Å². The van der Waals surface area contributed by atoms with Crippen LogP contribution >= 0.6 is 31.9 Å². The van der Waals surface area contributed by atoms with E-state index in [1.165, 1.54) is 11.1 Å². The normalized spacial score (nSPS) is 10.8. The van der Waals surface area contributed by atoms with Crippen molar-refractivity contribution in [3.8, 4) is 0 Å². The Hall–Kier alpha value is -4.45. The molecule has 0 aliphatic heterocycles. The molecule has 5 heteroatoms. The molecule has 0 saturated heterocycles. The van der Waals surface area contributed by atoms with Gasteiger partial charge in [-0.05, 0) is 135 Å². The maximum absolute atomic E-state index is 13.6. The Labute approximate surface area is 275 Å². The molecule has 0 heterocycles. The van der Waals surface area contributed by atoms with Gasteiger partial charge in [0, 0.05) is 54.2 Å². The SMILES string of the molecule is Cc1ccc(N(c2ccc(Br)cc2)c2ccc(C(=O)c3ccc(N(c4ccc(C)cc4)c4ccc(Br)cc4)cc3)cc2)cc1.